The van der Waals surface area contributed by atoms with Crippen LogP contribution in [-0.2, 0) is 4.79 Å². The lowest BCUT2D eigenvalue weighted by molar-refractivity contribution is -0.164. The third-order valence-corrected chi connectivity index (χ3v) is 7.56. The van der Waals surface area contributed by atoms with Gasteiger partial charge in [-0.05, 0) is 68.2 Å². The van der Waals surface area contributed by atoms with Gasteiger partial charge >= 0.3 is 5.97 Å². The van der Waals surface area contributed by atoms with Crippen molar-refractivity contribution in [3.63, 3.8) is 0 Å². The molecule has 4 heteroatoms. The Hall–Kier alpha value is -0.610. The molecule has 3 saturated carbocycles. The zero-order valence-corrected chi connectivity index (χ0v) is 15.7. The molecular weight excluding hydrogens is 300 g/mol. The second-order valence-electron chi connectivity index (χ2n) is 9.14. The van der Waals surface area contributed by atoms with Gasteiger partial charge in [0.25, 0.3) is 0 Å². The minimum Gasteiger partial charge on any atom is -0.481 e. The molecule has 138 valence electrons. The molecule has 3 aliphatic carbocycles. The maximum Gasteiger partial charge on any atom is 0.310 e. The van der Waals surface area contributed by atoms with E-state index < -0.39 is 11.4 Å². The van der Waals surface area contributed by atoms with Crippen LogP contribution < -0.4 is 11.1 Å². The molecule has 0 spiro atoms. The SMILES string of the molecule is CCCCC1CC2C(N)CC3(C)CC(NCCC)CC1(C(=O)O)C23. The zero-order valence-electron chi connectivity index (χ0n) is 15.7. The number of hydrogen-bond acceptors (Lipinski definition) is 3. The summed E-state index contributed by atoms with van der Waals surface area (Å²) in [6.45, 7) is 7.69. The molecule has 0 aromatic carbocycles. The number of carboxylic acids is 1. The Morgan fingerprint density at radius 2 is 2.00 bits per heavy atom. The van der Waals surface area contributed by atoms with E-state index in [1.165, 1.54) is 0 Å². The molecule has 0 aromatic heterocycles. The average molecular weight is 337 g/mol. The van der Waals surface area contributed by atoms with Crippen molar-refractivity contribution in [2.75, 3.05) is 6.54 Å². The Bertz CT molecular complexity index is 482. The molecule has 3 aliphatic rings. The number of hydrogen-bond donors (Lipinski definition) is 3. The predicted octanol–water partition coefficient (Wildman–Crippen LogP) is 3.40. The van der Waals surface area contributed by atoms with Gasteiger partial charge < -0.3 is 16.2 Å². The Labute approximate surface area is 147 Å². The first-order valence-corrected chi connectivity index (χ1v) is 10.1. The normalized spacial score (nSPS) is 46.9. The second-order valence-corrected chi connectivity index (χ2v) is 9.14. The molecule has 0 bridgehead atoms. The molecule has 0 aromatic rings. The van der Waals surface area contributed by atoms with Gasteiger partial charge in [0.1, 0.15) is 0 Å². The summed E-state index contributed by atoms with van der Waals surface area (Å²) in [7, 11) is 0. The zero-order chi connectivity index (χ0) is 17.5. The molecule has 7 atom stereocenters. The molecular formula is C20H36N2O2. The fraction of sp³-hybridized carbons (Fsp3) is 0.950. The van der Waals surface area contributed by atoms with Crippen molar-refractivity contribution >= 4 is 5.97 Å². The van der Waals surface area contributed by atoms with Gasteiger partial charge in [0.15, 0.2) is 0 Å². The van der Waals surface area contributed by atoms with Gasteiger partial charge in [-0.3, -0.25) is 4.79 Å². The number of nitrogens with two attached hydrogens (primary N) is 1. The van der Waals surface area contributed by atoms with Crippen LogP contribution in [0.4, 0.5) is 0 Å². The van der Waals surface area contributed by atoms with Gasteiger partial charge in [-0.25, -0.2) is 0 Å². The molecule has 4 nitrogen and oxygen atoms in total. The summed E-state index contributed by atoms with van der Waals surface area (Å²) in [5.74, 6) is 0.459. The summed E-state index contributed by atoms with van der Waals surface area (Å²) in [4.78, 5) is 12.6. The molecule has 0 aliphatic heterocycles. The van der Waals surface area contributed by atoms with Gasteiger partial charge in [-0.15, -0.1) is 0 Å². The van der Waals surface area contributed by atoms with Crippen LogP contribution in [0.15, 0.2) is 0 Å². The third-order valence-electron chi connectivity index (χ3n) is 7.56. The predicted molar refractivity (Wildman–Crippen MR) is 96.7 cm³/mol. The lowest BCUT2D eigenvalue weighted by Gasteiger charge is -2.51. The summed E-state index contributed by atoms with van der Waals surface area (Å²) >= 11 is 0. The summed E-state index contributed by atoms with van der Waals surface area (Å²) in [6.07, 6.45) is 8.37. The summed E-state index contributed by atoms with van der Waals surface area (Å²) in [5.41, 5.74) is 6.08. The third kappa shape index (κ3) is 2.61. The Morgan fingerprint density at radius 1 is 1.25 bits per heavy atom. The fourth-order valence-electron chi connectivity index (χ4n) is 6.95. The lowest BCUT2D eigenvalue weighted by atomic mass is 9.53. The van der Waals surface area contributed by atoms with E-state index in [0.717, 1.165) is 57.9 Å². The van der Waals surface area contributed by atoms with Crippen molar-refractivity contribution in [3.05, 3.63) is 0 Å². The molecule has 0 amide bonds. The molecule has 4 N–H and O–H groups in total. The van der Waals surface area contributed by atoms with Crippen LogP contribution >= 0.6 is 0 Å². The number of unbranched alkanes of at least 4 members (excludes halogenated alkanes) is 1. The molecule has 7 unspecified atom stereocenters. The Balaban J connectivity index is 1.97. The number of aliphatic carboxylic acids is 1. The largest absolute Gasteiger partial charge is 0.481 e. The van der Waals surface area contributed by atoms with Crippen molar-refractivity contribution in [3.8, 4) is 0 Å². The number of nitrogens with one attached hydrogen (secondary N) is 1. The average Bonchev–Trinajstić information content (AvgIpc) is 2.99. The molecule has 3 rings (SSSR count). The van der Waals surface area contributed by atoms with Crippen LogP contribution in [0.1, 0.15) is 72.1 Å². The smallest absolute Gasteiger partial charge is 0.310 e. The van der Waals surface area contributed by atoms with E-state index in [0.29, 0.717) is 17.9 Å². The quantitative estimate of drug-likeness (QED) is 0.666. The van der Waals surface area contributed by atoms with E-state index in [2.05, 4.69) is 26.1 Å². The van der Waals surface area contributed by atoms with Crippen molar-refractivity contribution in [1.82, 2.24) is 5.32 Å². The first-order valence-electron chi connectivity index (χ1n) is 10.1. The maximum absolute atomic E-state index is 12.6. The topological polar surface area (TPSA) is 75.3 Å². The summed E-state index contributed by atoms with van der Waals surface area (Å²) in [6, 6.07) is 0.519. The van der Waals surface area contributed by atoms with Crippen LogP contribution in [0.5, 0.6) is 0 Å². The number of carboxylic acid groups (broad SMARTS) is 1. The van der Waals surface area contributed by atoms with Crippen LogP contribution in [0, 0.1) is 28.6 Å². The molecule has 24 heavy (non-hydrogen) atoms. The van der Waals surface area contributed by atoms with Gasteiger partial charge in [0.2, 0.25) is 0 Å². The van der Waals surface area contributed by atoms with E-state index in [1.807, 2.05) is 0 Å². The Morgan fingerprint density at radius 3 is 2.62 bits per heavy atom. The van der Waals surface area contributed by atoms with Crippen LogP contribution in [0.25, 0.3) is 0 Å². The highest BCUT2D eigenvalue weighted by atomic mass is 16.4. The van der Waals surface area contributed by atoms with Crippen LogP contribution in [0.2, 0.25) is 0 Å². The van der Waals surface area contributed by atoms with E-state index in [9.17, 15) is 9.90 Å². The number of rotatable bonds is 7. The summed E-state index contributed by atoms with van der Waals surface area (Å²) < 4.78 is 0. The monoisotopic (exact) mass is 336 g/mol. The first-order chi connectivity index (χ1) is 11.4. The van der Waals surface area contributed by atoms with Gasteiger partial charge in [-0.2, -0.15) is 0 Å². The van der Waals surface area contributed by atoms with Crippen molar-refractivity contribution < 1.29 is 9.90 Å². The highest BCUT2D eigenvalue weighted by Crippen LogP contribution is 2.70. The maximum atomic E-state index is 12.6. The van der Waals surface area contributed by atoms with Crippen molar-refractivity contribution in [2.24, 2.45) is 34.3 Å². The van der Waals surface area contributed by atoms with E-state index in [4.69, 9.17) is 5.73 Å². The van der Waals surface area contributed by atoms with Gasteiger partial charge in [-0.1, -0.05) is 33.6 Å². The van der Waals surface area contributed by atoms with Crippen LogP contribution in [0.3, 0.4) is 0 Å². The van der Waals surface area contributed by atoms with E-state index in [-0.39, 0.29) is 17.4 Å². The van der Waals surface area contributed by atoms with E-state index >= 15 is 0 Å². The minimum atomic E-state index is -0.549. The molecule has 0 heterocycles. The second kappa shape index (κ2) is 6.60. The minimum absolute atomic E-state index is 0.0904. The number of carbonyl (C=O) groups is 1. The lowest BCUT2D eigenvalue weighted by Crippen LogP contribution is -2.56. The standard InChI is InChI=1S/C20H36N2O2/c1-4-6-7-13-9-15-16(21)12-19(3)10-14(22-8-5-2)11-20(13,17(15)19)18(23)24/h13-17,22H,4-12,21H2,1-3H3,(H,23,24). The van der Waals surface area contributed by atoms with E-state index in [1.54, 1.807) is 0 Å². The molecule has 3 fully saturated rings. The van der Waals surface area contributed by atoms with Gasteiger partial charge in [0.05, 0.1) is 5.41 Å². The highest BCUT2D eigenvalue weighted by Gasteiger charge is 2.70. The van der Waals surface area contributed by atoms with Crippen molar-refractivity contribution in [2.45, 2.75) is 84.2 Å². The molecule has 0 saturated heterocycles. The fourth-order valence-corrected chi connectivity index (χ4v) is 6.95. The van der Waals surface area contributed by atoms with Gasteiger partial charge in [0, 0.05) is 12.1 Å². The van der Waals surface area contributed by atoms with Crippen molar-refractivity contribution in [1.29, 1.82) is 0 Å². The molecule has 0 radical (unpaired) electrons. The first kappa shape index (κ1) is 18.2. The Kier molecular flexibility index (Phi) is 5.00. The highest BCUT2D eigenvalue weighted by molar-refractivity contribution is 5.77. The summed E-state index contributed by atoms with van der Waals surface area (Å²) in [5, 5.41) is 14.1. The van der Waals surface area contributed by atoms with Crippen LogP contribution in [-0.4, -0.2) is 29.7 Å².